The number of rotatable bonds is 3. The van der Waals surface area contributed by atoms with E-state index in [9.17, 15) is 0 Å². The van der Waals surface area contributed by atoms with Crippen LogP contribution in [0.4, 0.5) is 0 Å². The first-order valence-corrected chi connectivity index (χ1v) is 5.67. The van der Waals surface area contributed by atoms with Gasteiger partial charge in [-0.3, -0.25) is 0 Å². The summed E-state index contributed by atoms with van der Waals surface area (Å²) in [6.07, 6.45) is 0. The van der Waals surface area contributed by atoms with Crippen LogP contribution in [-0.4, -0.2) is 20.5 Å². The molecule has 0 bridgehead atoms. The standard InChI is InChI=1S/AsBr2HN6O/c2-7-4-1(5-8-3)6-9-10/h(H,6,10). The molecule has 0 saturated carbocycles. The molecule has 0 atom stereocenters. The molecule has 0 aromatic rings. The fourth-order valence-electron chi connectivity index (χ4n) is 0.150. The number of hydrogen-bond donors (Lipinski definition) is 1. The maximum absolute atomic E-state index is 7.95. The summed E-state index contributed by atoms with van der Waals surface area (Å²) in [6, 6.07) is 0. The van der Waals surface area contributed by atoms with Crippen molar-refractivity contribution in [3.63, 3.8) is 0 Å². The summed E-state index contributed by atoms with van der Waals surface area (Å²) >= 11 is 3.10. The Kier molecular flexibility index (Phi) is 7.31. The normalized spacial score (nSPS) is 15.8. The van der Waals surface area contributed by atoms with Gasteiger partial charge in [-0.25, -0.2) is 0 Å². The van der Waals surface area contributed by atoms with Gasteiger partial charge in [-0.15, -0.1) is 0 Å². The third-order valence-corrected chi connectivity index (χ3v) is 3.28. The molecule has 0 spiro atoms. The zero-order chi connectivity index (χ0) is 7.82. The van der Waals surface area contributed by atoms with Crippen molar-refractivity contribution in [1.29, 1.82) is 0 Å². The van der Waals surface area contributed by atoms with Crippen molar-refractivity contribution >= 4 is 47.6 Å². The van der Waals surface area contributed by atoms with Crippen LogP contribution < -0.4 is 0 Å². The second kappa shape index (κ2) is 7.23. The van der Waals surface area contributed by atoms with Crippen molar-refractivity contribution < 1.29 is 5.21 Å². The summed E-state index contributed by atoms with van der Waals surface area (Å²) in [6.45, 7) is 0. The predicted octanol–water partition coefficient (Wildman–Crippen LogP) is 2.34. The minimum atomic E-state index is -2.27. The van der Waals surface area contributed by atoms with Gasteiger partial charge in [-0.1, -0.05) is 0 Å². The Morgan fingerprint density at radius 3 is 1.80 bits per heavy atom. The molecule has 0 saturated heterocycles. The van der Waals surface area contributed by atoms with E-state index in [0.29, 0.717) is 0 Å². The summed E-state index contributed by atoms with van der Waals surface area (Å²) in [5.41, 5.74) is 0. The molecule has 10 heteroatoms. The van der Waals surface area contributed by atoms with Crippen molar-refractivity contribution in [3.05, 3.63) is 0 Å². The van der Waals surface area contributed by atoms with Crippen molar-refractivity contribution in [2.45, 2.75) is 0 Å². The van der Waals surface area contributed by atoms with Crippen LogP contribution in [0, 0.1) is 0 Å². The Bertz CT molecular complexity index is 125. The Balaban J connectivity index is 3.97. The summed E-state index contributed by atoms with van der Waals surface area (Å²) in [7, 11) is 0. The molecule has 0 aromatic heterocycles. The molecule has 0 radical (unpaired) electrons. The maximum atomic E-state index is 7.95. The molecule has 0 fully saturated rings. The molecule has 0 unspecified atom stereocenters. The van der Waals surface area contributed by atoms with E-state index < -0.39 is 15.3 Å². The van der Waals surface area contributed by atoms with Crippen molar-refractivity contribution in [2.24, 2.45) is 25.7 Å². The Morgan fingerprint density at radius 1 is 1.00 bits per heavy atom. The first-order chi connectivity index (χ1) is 4.85. The SMILES string of the molecule is ON=N[As](N=NBr)N=NBr. The van der Waals surface area contributed by atoms with Crippen LogP contribution in [0.1, 0.15) is 0 Å². The van der Waals surface area contributed by atoms with Gasteiger partial charge < -0.3 is 0 Å². The third kappa shape index (κ3) is 4.95. The van der Waals surface area contributed by atoms with Crippen LogP contribution in [-0.2, 0) is 0 Å². The molecule has 0 aliphatic carbocycles. The Hall–Kier alpha value is 0.118. The third-order valence-electron chi connectivity index (χ3n) is 0.348. The van der Waals surface area contributed by atoms with E-state index in [1.165, 1.54) is 0 Å². The van der Waals surface area contributed by atoms with Gasteiger partial charge in [0.25, 0.3) is 0 Å². The molecule has 0 aliphatic rings. The van der Waals surface area contributed by atoms with E-state index in [1.54, 1.807) is 0 Å². The average Bonchev–Trinajstić information content (AvgIpc) is 1.90. The van der Waals surface area contributed by atoms with Crippen LogP contribution in [0.5, 0.6) is 0 Å². The molecular weight excluding hydrogens is 335 g/mol. The van der Waals surface area contributed by atoms with Gasteiger partial charge in [0.15, 0.2) is 0 Å². The van der Waals surface area contributed by atoms with Crippen molar-refractivity contribution in [2.75, 3.05) is 0 Å². The first-order valence-electron chi connectivity index (χ1n) is 1.74. The predicted molar refractivity (Wildman–Crippen MR) is 40.0 cm³/mol. The van der Waals surface area contributed by atoms with Gasteiger partial charge in [-0.2, -0.15) is 0 Å². The molecule has 1 N–H and O–H groups in total. The van der Waals surface area contributed by atoms with E-state index in [-0.39, 0.29) is 0 Å². The molecule has 10 heavy (non-hydrogen) atoms. The van der Waals surface area contributed by atoms with Crippen LogP contribution in [0.3, 0.4) is 0 Å². The topological polar surface area (TPSA) is 94.4 Å². The van der Waals surface area contributed by atoms with E-state index in [4.69, 9.17) is 5.21 Å². The second-order valence-electron chi connectivity index (χ2n) is 0.777. The molecule has 0 aliphatic heterocycles. The van der Waals surface area contributed by atoms with Gasteiger partial charge in [0.05, 0.1) is 0 Å². The molecule has 0 rings (SSSR count). The van der Waals surface area contributed by atoms with Gasteiger partial charge in [0.2, 0.25) is 0 Å². The minimum absolute atomic E-state index is 2.27. The molecule has 7 nitrogen and oxygen atoms in total. The van der Waals surface area contributed by atoms with E-state index in [2.05, 4.69) is 57.9 Å². The summed E-state index contributed by atoms with van der Waals surface area (Å²) in [5, 5.41) is 10.5. The molecule has 0 amide bonds. The first kappa shape index (κ1) is 10.1. The van der Waals surface area contributed by atoms with Gasteiger partial charge >= 0.3 is 78.5 Å². The quantitative estimate of drug-likeness (QED) is 0.478. The number of nitrogens with zero attached hydrogens (tertiary/aromatic N) is 6. The van der Waals surface area contributed by atoms with Crippen LogP contribution in [0.25, 0.3) is 0 Å². The van der Waals surface area contributed by atoms with Crippen LogP contribution >= 0.6 is 32.3 Å². The Morgan fingerprint density at radius 2 is 1.50 bits per heavy atom. The number of halogens is 2. The molecule has 0 aromatic carbocycles. The molecule has 0 heterocycles. The van der Waals surface area contributed by atoms with Crippen LogP contribution in [0.2, 0.25) is 0 Å². The average molecular weight is 336 g/mol. The molecule has 56 valence electrons. The van der Waals surface area contributed by atoms with Gasteiger partial charge in [0.1, 0.15) is 0 Å². The summed E-state index contributed by atoms with van der Waals surface area (Å²) in [4.78, 5) is 0. The fraction of sp³-hybridized carbons (Fsp3) is 0. The monoisotopic (exact) mass is 334 g/mol. The Labute approximate surface area is 78.3 Å². The zero-order valence-corrected chi connectivity index (χ0v) is 9.38. The van der Waals surface area contributed by atoms with E-state index >= 15 is 0 Å². The molecular formula is HAsBr2N6O. The van der Waals surface area contributed by atoms with Crippen molar-refractivity contribution in [3.8, 4) is 0 Å². The zero-order valence-electron chi connectivity index (χ0n) is 4.33. The van der Waals surface area contributed by atoms with Gasteiger partial charge in [0, 0.05) is 0 Å². The number of hydrogen-bond acceptors (Lipinski definition) is 6. The van der Waals surface area contributed by atoms with E-state index in [0.717, 1.165) is 0 Å². The fourth-order valence-corrected chi connectivity index (χ4v) is 2.10. The van der Waals surface area contributed by atoms with Crippen molar-refractivity contribution in [1.82, 2.24) is 0 Å². The second-order valence-corrected chi connectivity index (χ2v) is 3.66. The van der Waals surface area contributed by atoms with Gasteiger partial charge in [-0.05, 0) is 0 Å². The van der Waals surface area contributed by atoms with Crippen LogP contribution in [0.15, 0.2) is 25.7 Å². The summed E-state index contributed by atoms with van der Waals surface area (Å²) < 4.78 is 16.7. The summed E-state index contributed by atoms with van der Waals surface area (Å²) in [5.74, 6) is 0. The van der Waals surface area contributed by atoms with E-state index in [1.807, 2.05) is 0 Å².